The molecule has 2 aliphatic heterocycles. The second-order valence-corrected chi connectivity index (χ2v) is 11.3. The van der Waals surface area contributed by atoms with Gasteiger partial charge in [-0.1, -0.05) is 18.2 Å². The van der Waals surface area contributed by atoms with Crippen molar-refractivity contribution < 1.29 is 17.9 Å². The molecule has 0 amide bonds. The Bertz CT molecular complexity index is 1100. The highest BCUT2D eigenvalue weighted by Gasteiger charge is 2.24. The first-order chi connectivity index (χ1) is 15.7. The van der Waals surface area contributed by atoms with Gasteiger partial charge in [0.1, 0.15) is 0 Å². The zero-order chi connectivity index (χ0) is 23.6. The smallest absolute Gasteiger partial charge is 0.182 e. The molecule has 0 spiro atoms. The second-order valence-electron chi connectivity index (χ2n) is 9.27. The molecule has 33 heavy (non-hydrogen) atoms. The molecule has 0 bridgehead atoms. The van der Waals surface area contributed by atoms with Crippen LogP contribution < -0.4 is 4.90 Å². The highest BCUT2D eigenvalue weighted by molar-refractivity contribution is 7.90. The Morgan fingerprint density at radius 3 is 2.58 bits per heavy atom. The molecule has 4 rings (SSSR count). The molecule has 7 heteroatoms. The quantitative estimate of drug-likeness (QED) is 0.541. The number of nitrogens with zero attached hydrogens (tertiary/aromatic N) is 2. The predicted octanol–water partition coefficient (Wildman–Crippen LogP) is 4.14. The lowest BCUT2D eigenvalue weighted by Gasteiger charge is -2.32. The molecule has 1 saturated heterocycles. The van der Waals surface area contributed by atoms with E-state index >= 15 is 0 Å². The Kier molecular flexibility index (Phi) is 7.00. The topological polar surface area (TPSA) is 59.1 Å². The monoisotopic (exact) mass is 470 g/mol. The zero-order valence-corrected chi connectivity index (χ0v) is 20.6. The number of benzene rings is 2. The van der Waals surface area contributed by atoms with Crippen molar-refractivity contribution in [2.45, 2.75) is 56.9 Å². The summed E-state index contributed by atoms with van der Waals surface area (Å²) < 4.78 is 35.3. The summed E-state index contributed by atoms with van der Waals surface area (Å²) in [6, 6.07) is 13.8. The average Bonchev–Trinajstić information content (AvgIpc) is 3.25. The predicted molar refractivity (Wildman–Crippen MR) is 131 cm³/mol. The Labute approximate surface area is 197 Å². The van der Waals surface area contributed by atoms with Crippen molar-refractivity contribution in [2.75, 3.05) is 30.8 Å². The van der Waals surface area contributed by atoms with Gasteiger partial charge in [-0.2, -0.15) is 0 Å². The highest BCUT2D eigenvalue weighted by atomic mass is 32.2. The fourth-order valence-electron chi connectivity index (χ4n) is 4.47. The maximum absolute atomic E-state index is 11.7. The van der Waals surface area contributed by atoms with Gasteiger partial charge in [0.15, 0.2) is 15.7 Å². The van der Waals surface area contributed by atoms with Gasteiger partial charge in [-0.15, -0.1) is 0 Å². The average molecular weight is 471 g/mol. The maximum atomic E-state index is 11.7. The van der Waals surface area contributed by atoms with Gasteiger partial charge in [-0.3, -0.25) is 0 Å². The van der Waals surface area contributed by atoms with E-state index in [9.17, 15) is 8.42 Å². The second kappa shape index (κ2) is 9.77. The molecule has 0 aromatic heterocycles. The first-order valence-electron chi connectivity index (χ1n) is 11.6. The first kappa shape index (κ1) is 23.6. The molecule has 0 N–H and O–H groups in total. The number of hydrogen-bond acceptors (Lipinski definition) is 6. The molecule has 1 fully saturated rings. The molecule has 6 nitrogen and oxygen atoms in total. The molecule has 178 valence electrons. The Balaban J connectivity index is 1.29. The van der Waals surface area contributed by atoms with Crippen LogP contribution in [0.25, 0.3) is 0 Å². The molecule has 0 radical (unpaired) electrons. The van der Waals surface area contributed by atoms with E-state index in [0.29, 0.717) is 11.5 Å². The van der Waals surface area contributed by atoms with Gasteiger partial charge in [0.25, 0.3) is 0 Å². The van der Waals surface area contributed by atoms with Crippen molar-refractivity contribution in [2.24, 2.45) is 0 Å². The zero-order valence-electron chi connectivity index (χ0n) is 19.8. The molecule has 1 unspecified atom stereocenters. The van der Waals surface area contributed by atoms with Crippen LogP contribution >= 0.6 is 0 Å². The van der Waals surface area contributed by atoms with Crippen LogP contribution in [0.3, 0.4) is 0 Å². The molecule has 2 aromatic carbocycles. The van der Waals surface area contributed by atoms with Crippen LogP contribution in [0.2, 0.25) is 0 Å². The van der Waals surface area contributed by atoms with Gasteiger partial charge in [0, 0.05) is 38.1 Å². The third kappa shape index (κ3) is 5.89. The third-order valence-corrected chi connectivity index (χ3v) is 7.40. The van der Waals surface area contributed by atoms with Crippen molar-refractivity contribution in [3.05, 3.63) is 71.6 Å². The molecular weight excluding hydrogens is 436 g/mol. The highest BCUT2D eigenvalue weighted by Crippen LogP contribution is 2.26. The van der Waals surface area contributed by atoms with Crippen LogP contribution in [0.15, 0.2) is 59.8 Å². The molecule has 2 aromatic rings. The summed E-state index contributed by atoms with van der Waals surface area (Å²) in [4.78, 5) is 4.81. The Morgan fingerprint density at radius 1 is 1.12 bits per heavy atom. The molecule has 0 aliphatic carbocycles. The lowest BCUT2D eigenvalue weighted by molar-refractivity contribution is 0.0550. The summed E-state index contributed by atoms with van der Waals surface area (Å²) in [5.41, 5.74) is 4.94. The molecule has 2 aliphatic rings. The molecular formula is C26H34N2O4S. The van der Waals surface area contributed by atoms with Crippen LogP contribution in [0.5, 0.6) is 0 Å². The van der Waals surface area contributed by atoms with Crippen molar-refractivity contribution in [1.82, 2.24) is 4.90 Å². The first-order valence-corrected chi connectivity index (χ1v) is 13.5. The standard InChI is InChI=1S/C26H34N2O4S/c1-19(2)32-20(3)27-13-11-22-15-21(5-6-23(22)16-27)18-31-25-12-14-28(17-25)24-7-9-26(10-8-24)33(4,29)30/h5-10,15,19,25H,3,11-14,16-18H2,1-2,4H3. The summed E-state index contributed by atoms with van der Waals surface area (Å²) in [6.07, 6.45) is 3.48. The minimum absolute atomic E-state index is 0.136. The van der Waals surface area contributed by atoms with Gasteiger partial charge in [0.05, 0.1) is 23.7 Å². The third-order valence-electron chi connectivity index (χ3n) is 6.27. The number of rotatable bonds is 8. The minimum Gasteiger partial charge on any atom is -0.477 e. The molecule has 1 atom stereocenters. The van der Waals surface area contributed by atoms with Crippen molar-refractivity contribution in [3.63, 3.8) is 0 Å². The number of sulfone groups is 1. The Hall–Kier alpha value is -2.51. The fraction of sp³-hybridized carbons (Fsp3) is 0.462. The van der Waals surface area contributed by atoms with E-state index in [1.165, 1.54) is 22.9 Å². The van der Waals surface area contributed by atoms with E-state index in [1.807, 2.05) is 26.0 Å². The van der Waals surface area contributed by atoms with E-state index in [2.05, 4.69) is 34.6 Å². The lowest BCUT2D eigenvalue weighted by atomic mass is 9.97. The summed E-state index contributed by atoms with van der Waals surface area (Å²) in [6.45, 7) is 12.2. The lowest BCUT2D eigenvalue weighted by Crippen LogP contribution is -2.31. The summed E-state index contributed by atoms with van der Waals surface area (Å²) in [5.74, 6) is 0.750. The van der Waals surface area contributed by atoms with E-state index in [0.717, 1.165) is 50.6 Å². The molecule has 2 heterocycles. The largest absolute Gasteiger partial charge is 0.477 e. The number of ether oxygens (including phenoxy) is 2. The SMILES string of the molecule is C=C(OC(C)C)N1CCc2cc(COC3CCN(c4ccc(S(C)(=O)=O)cc4)C3)ccc2C1. The van der Waals surface area contributed by atoms with Gasteiger partial charge >= 0.3 is 0 Å². The van der Waals surface area contributed by atoms with Crippen molar-refractivity contribution in [1.29, 1.82) is 0 Å². The van der Waals surface area contributed by atoms with Crippen LogP contribution in [-0.4, -0.2) is 51.4 Å². The van der Waals surface area contributed by atoms with Crippen LogP contribution in [0.1, 0.15) is 37.0 Å². The van der Waals surface area contributed by atoms with Crippen molar-refractivity contribution >= 4 is 15.5 Å². The van der Waals surface area contributed by atoms with Crippen LogP contribution in [0, 0.1) is 0 Å². The van der Waals surface area contributed by atoms with Gasteiger partial charge in [0.2, 0.25) is 0 Å². The van der Waals surface area contributed by atoms with Crippen LogP contribution in [-0.2, 0) is 38.9 Å². The summed E-state index contributed by atoms with van der Waals surface area (Å²) in [7, 11) is -3.17. The summed E-state index contributed by atoms with van der Waals surface area (Å²) in [5, 5.41) is 0. The number of anilines is 1. The van der Waals surface area contributed by atoms with E-state index in [1.54, 1.807) is 12.1 Å². The van der Waals surface area contributed by atoms with Gasteiger partial charge < -0.3 is 19.3 Å². The number of fused-ring (bicyclic) bond motifs is 1. The fourth-order valence-corrected chi connectivity index (χ4v) is 5.10. The van der Waals surface area contributed by atoms with Gasteiger partial charge in [-0.05, 0) is 74.2 Å². The van der Waals surface area contributed by atoms with E-state index in [4.69, 9.17) is 9.47 Å². The Morgan fingerprint density at radius 2 is 1.88 bits per heavy atom. The summed E-state index contributed by atoms with van der Waals surface area (Å²) >= 11 is 0. The molecule has 0 saturated carbocycles. The van der Waals surface area contributed by atoms with E-state index in [-0.39, 0.29) is 12.2 Å². The van der Waals surface area contributed by atoms with Crippen LogP contribution in [0.4, 0.5) is 5.69 Å². The van der Waals surface area contributed by atoms with E-state index < -0.39 is 9.84 Å². The van der Waals surface area contributed by atoms with Gasteiger partial charge in [-0.25, -0.2) is 8.42 Å². The normalized spacial score (nSPS) is 18.5. The maximum Gasteiger partial charge on any atom is 0.182 e. The minimum atomic E-state index is -3.17. The van der Waals surface area contributed by atoms with Crippen molar-refractivity contribution in [3.8, 4) is 0 Å². The number of hydrogen-bond donors (Lipinski definition) is 0.